The number of carbonyl (C=O) groups is 1. The summed E-state index contributed by atoms with van der Waals surface area (Å²) in [5.74, 6) is -0.106. The largest absolute Gasteiger partial charge is 0.461 e. The van der Waals surface area contributed by atoms with E-state index in [0.717, 1.165) is 5.56 Å². The Morgan fingerprint density at radius 3 is 2.52 bits per heavy atom. The van der Waals surface area contributed by atoms with E-state index in [-0.39, 0.29) is 30.9 Å². The van der Waals surface area contributed by atoms with E-state index in [1.165, 1.54) is 6.33 Å². The number of ether oxygens (including phenoxy) is 2. The van der Waals surface area contributed by atoms with E-state index in [9.17, 15) is 14.5 Å². The number of anilines is 1. The monoisotopic (exact) mass is 623 g/mol. The van der Waals surface area contributed by atoms with E-state index >= 15 is 0 Å². The van der Waals surface area contributed by atoms with Crippen LogP contribution in [-0.4, -0.2) is 55.6 Å². The molecule has 2 aromatic carbocycles. The number of aliphatic hydroxyl groups is 1. The van der Waals surface area contributed by atoms with Gasteiger partial charge in [0, 0.05) is 6.42 Å². The second-order valence-electron chi connectivity index (χ2n) is 11.3. The van der Waals surface area contributed by atoms with Crippen LogP contribution in [-0.2, 0) is 30.0 Å². The average Bonchev–Trinajstić information content (AvgIpc) is 3.60. The van der Waals surface area contributed by atoms with Gasteiger partial charge < -0.3 is 24.8 Å². The van der Waals surface area contributed by atoms with Gasteiger partial charge in [0.2, 0.25) is 0 Å². The van der Waals surface area contributed by atoms with Gasteiger partial charge in [0.1, 0.15) is 42.1 Å². The molecule has 1 aliphatic heterocycles. The number of nitrogens with two attached hydrogens (primary N) is 1. The molecule has 234 valence electrons. The molecule has 5 atom stereocenters. The molecule has 1 aliphatic rings. The molecular weight excluding hydrogens is 585 g/mol. The molecule has 3 N–H and O–H groups in total. The van der Waals surface area contributed by atoms with Gasteiger partial charge in [-0.1, -0.05) is 62.4 Å². The van der Waals surface area contributed by atoms with Crippen LogP contribution >= 0.6 is 7.60 Å². The first-order valence-electron chi connectivity index (χ1n) is 14.6. The summed E-state index contributed by atoms with van der Waals surface area (Å²) >= 11 is 0. The SMILES string of the molecule is Cc1nc(N)c2ncn([C@H]3C[C@@H](OP(=O)(C[C@@H](CC(C)C)C(=O)OCc4ccccc4)Oc4ccccc4)[C@@H](CO)O3)c2n1. The Balaban J connectivity index is 1.39. The minimum absolute atomic E-state index is 0.0934. The van der Waals surface area contributed by atoms with Gasteiger partial charge in [0.25, 0.3) is 0 Å². The maximum atomic E-state index is 14.6. The first-order valence-corrected chi connectivity index (χ1v) is 16.3. The quantitative estimate of drug-likeness (QED) is 0.151. The number of imidazole rings is 1. The maximum absolute atomic E-state index is 14.6. The Hall–Kier alpha value is -3.83. The van der Waals surface area contributed by atoms with Crippen LogP contribution in [0.15, 0.2) is 67.0 Å². The summed E-state index contributed by atoms with van der Waals surface area (Å²) in [6, 6.07) is 18.0. The molecule has 0 aliphatic carbocycles. The van der Waals surface area contributed by atoms with Crippen molar-refractivity contribution in [1.29, 1.82) is 0 Å². The van der Waals surface area contributed by atoms with Gasteiger partial charge in [0.05, 0.1) is 25.0 Å². The molecule has 0 spiro atoms. The third-order valence-electron chi connectivity index (χ3n) is 7.27. The van der Waals surface area contributed by atoms with E-state index < -0.39 is 44.5 Å². The molecule has 0 amide bonds. The Morgan fingerprint density at radius 1 is 1.14 bits per heavy atom. The maximum Gasteiger partial charge on any atom is 0.380 e. The third-order valence-corrected chi connectivity index (χ3v) is 9.24. The smallest absolute Gasteiger partial charge is 0.380 e. The highest BCUT2D eigenvalue weighted by molar-refractivity contribution is 7.54. The Bertz CT molecular complexity index is 1600. The summed E-state index contributed by atoms with van der Waals surface area (Å²) in [7, 11) is -4.03. The number of esters is 1. The number of carbonyl (C=O) groups excluding carboxylic acids is 1. The molecule has 3 heterocycles. The number of benzene rings is 2. The number of hydrogen-bond acceptors (Lipinski definition) is 11. The van der Waals surface area contributed by atoms with E-state index in [2.05, 4.69) is 15.0 Å². The van der Waals surface area contributed by atoms with Crippen molar-refractivity contribution in [3.05, 3.63) is 78.4 Å². The number of aryl methyl sites for hydroxylation is 1. The molecule has 5 rings (SSSR count). The Labute approximate surface area is 256 Å². The van der Waals surface area contributed by atoms with Crippen molar-refractivity contribution in [2.45, 2.75) is 58.7 Å². The Kier molecular flexibility index (Phi) is 9.95. The lowest BCUT2D eigenvalue weighted by Gasteiger charge is -2.27. The highest BCUT2D eigenvalue weighted by atomic mass is 31.2. The zero-order chi connectivity index (χ0) is 31.3. The number of fused-ring (bicyclic) bond motifs is 1. The molecule has 44 heavy (non-hydrogen) atoms. The van der Waals surface area contributed by atoms with Crippen LogP contribution in [0.25, 0.3) is 11.2 Å². The first-order chi connectivity index (χ1) is 21.1. The summed E-state index contributed by atoms with van der Waals surface area (Å²) in [4.78, 5) is 26.3. The van der Waals surface area contributed by atoms with Crippen molar-refractivity contribution >= 4 is 30.5 Å². The zero-order valence-electron chi connectivity index (χ0n) is 25.0. The minimum Gasteiger partial charge on any atom is -0.461 e. The fraction of sp³-hybridized carbons (Fsp3) is 0.419. The lowest BCUT2D eigenvalue weighted by Crippen LogP contribution is -2.30. The van der Waals surface area contributed by atoms with Crippen molar-refractivity contribution < 1.29 is 33.0 Å². The van der Waals surface area contributed by atoms with E-state index in [1.54, 1.807) is 35.8 Å². The molecule has 12 nitrogen and oxygen atoms in total. The van der Waals surface area contributed by atoms with Gasteiger partial charge in [-0.15, -0.1) is 0 Å². The van der Waals surface area contributed by atoms with Gasteiger partial charge >= 0.3 is 13.6 Å². The van der Waals surface area contributed by atoms with Crippen molar-refractivity contribution in [2.75, 3.05) is 18.5 Å². The van der Waals surface area contributed by atoms with Crippen LogP contribution in [0.5, 0.6) is 5.75 Å². The second kappa shape index (κ2) is 13.9. The number of aliphatic hydroxyl groups excluding tert-OH is 1. The predicted molar refractivity (Wildman–Crippen MR) is 164 cm³/mol. The molecular formula is C31H38N5O7P. The van der Waals surface area contributed by atoms with Crippen LogP contribution in [0.1, 0.15) is 44.3 Å². The van der Waals surface area contributed by atoms with E-state index in [1.807, 2.05) is 50.2 Å². The van der Waals surface area contributed by atoms with Crippen molar-refractivity contribution in [3.63, 3.8) is 0 Å². The molecule has 0 bridgehead atoms. The van der Waals surface area contributed by atoms with Gasteiger partial charge in [-0.25, -0.2) is 19.5 Å². The van der Waals surface area contributed by atoms with Gasteiger partial charge in [-0.2, -0.15) is 0 Å². The summed E-state index contributed by atoms with van der Waals surface area (Å²) in [6.07, 6.45) is -0.384. The molecule has 1 fully saturated rings. The van der Waals surface area contributed by atoms with Gasteiger partial charge in [-0.3, -0.25) is 13.9 Å². The number of nitrogens with zero attached hydrogens (tertiary/aromatic N) is 4. The minimum atomic E-state index is -4.03. The van der Waals surface area contributed by atoms with Crippen LogP contribution in [0.2, 0.25) is 0 Å². The second-order valence-corrected chi connectivity index (χ2v) is 13.3. The van der Waals surface area contributed by atoms with Crippen molar-refractivity contribution in [1.82, 2.24) is 19.5 Å². The number of para-hydroxylation sites is 1. The highest BCUT2D eigenvalue weighted by Gasteiger charge is 2.44. The van der Waals surface area contributed by atoms with E-state index in [4.69, 9.17) is 24.3 Å². The van der Waals surface area contributed by atoms with Crippen molar-refractivity contribution in [3.8, 4) is 5.75 Å². The summed E-state index contributed by atoms with van der Waals surface area (Å²) in [5.41, 5.74) is 7.78. The van der Waals surface area contributed by atoms with Crippen LogP contribution in [0.3, 0.4) is 0 Å². The molecule has 0 saturated carbocycles. The molecule has 2 aromatic heterocycles. The zero-order valence-corrected chi connectivity index (χ0v) is 25.9. The van der Waals surface area contributed by atoms with E-state index in [0.29, 0.717) is 29.2 Å². The lowest BCUT2D eigenvalue weighted by molar-refractivity contribution is -0.149. The lowest BCUT2D eigenvalue weighted by atomic mass is 9.99. The van der Waals surface area contributed by atoms with Crippen LogP contribution in [0, 0.1) is 18.8 Å². The topological polar surface area (TPSA) is 161 Å². The average molecular weight is 624 g/mol. The van der Waals surface area contributed by atoms with Crippen LogP contribution < -0.4 is 10.3 Å². The standard InChI is InChI=1S/C31H38N5O7P/c1-20(2)14-23(31(38)40-17-22-10-6-4-7-11-22)18-44(39,42-24-12-8-5-9-13-24)43-25-15-27(41-26(25)16-37)36-19-33-28-29(32)34-21(3)35-30(28)36/h4-13,19-20,23,25-27,37H,14-18H2,1-3H3,(H2,32,34,35)/t23-,25-,26-,27-,44?/m1/s1. The molecule has 13 heteroatoms. The molecule has 0 radical (unpaired) electrons. The Morgan fingerprint density at radius 2 is 1.84 bits per heavy atom. The fourth-order valence-electron chi connectivity index (χ4n) is 5.29. The third kappa shape index (κ3) is 7.62. The number of hydrogen-bond donors (Lipinski definition) is 2. The molecule has 4 aromatic rings. The molecule has 1 unspecified atom stereocenters. The van der Waals surface area contributed by atoms with Gasteiger partial charge in [-0.05, 0) is 37.0 Å². The number of rotatable bonds is 13. The fourth-order valence-corrected chi connectivity index (χ4v) is 7.41. The first kappa shape index (κ1) is 31.6. The summed E-state index contributed by atoms with van der Waals surface area (Å²) < 4.78 is 40.4. The number of nitrogen functional groups attached to an aromatic ring is 1. The molecule has 1 saturated heterocycles. The summed E-state index contributed by atoms with van der Waals surface area (Å²) in [6.45, 7) is 5.37. The van der Waals surface area contributed by atoms with Gasteiger partial charge in [0.15, 0.2) is 11.5 Å². The normalized spacial score (nSPS) is 20.4. The van der Waals surface area contributed by atoms with Crippen LogP contribution in [0.4, 0.5) is 5.82 Å². The van der Waals surface area contributed by atoms with Crippen molar-refractivity contribution in [2.24, 2.45) is 11.8 Å². The summed E-state index contributed by atoms with van der Waals surface area (Å²) in [5, 5.41) is 10.2. The highest BCUT2D eigenvalue weighted by Crippen LogP contribution is 2.54. The number of aromatic nitrogens is 4. The predicted octanol–water partition coefficient (Wildman–Crippen LogP) is 5.06.